The Hall–Kier alpha value is -1.99. The van der Waals surface area contributed by atoms with Crippen LogP contribution in [0, 0.1) is 0 Å². The number of carbonyl (C=O) groups excluding carboxylic acids is 2. The van der Waals surface area contributed by atoms with E-state index in [1.807, 2.05) is 24.4 Å². The maximum absolute atomic E-state index is 12.3. The molecule has 0 aliphatic rings. The van der Waals surface area contributed by atoms with E-state index in [0.717, 1.165) is 9.77 Å². The number of phenolic OH excluding ortho intramolecular Hbond substituents is 1. The minimum atomic E-state index is -0.159. The molecule has 2 N–H and O–H groups in total. The van der Waals surface area contributed by atoms with Crippen molar-refractivity contribution < 1.29 is 14.7 Å². The zero-order valence-corrected chi connectivity index (χ0v) is 15.0. The summed E-state index contributed by atoms with van der Waals surface area (Å²) in [4.78, 5) is 27.8. The number of phenols is 1. The van der Waals surface area contributed by atoms with E-state index in [1.165, 1.54) is 16.7 Å². The molecule has 0 aliphatic carbocycles. The summed E-state index contributed by atoms with van der Waals surface area (Å²) in [5.74, 6) is 0.218. The van der Waals surface area contributed by atoms with Crippen LogP contribution >= 0.6 is 23.1 Å². The highest BCUT2D eigenvalue weighted by Gasteiger charge is 2.15. The third-order valence-corrected chi connectivity index (χ3v) is 5.18. The van der Waals surface area contributed by atoms with Gasteiger partial charge in [-0.1, -0.05) is 6.07 Å². The summed E-state index contributed by atoms with van der Waals surface area (Å²) in [6.07, 6.45) is 0. The number of thioether (sulfide) groups is 1. The van der Waals surface area contributed by atoms with Crippen LogP contribution in [0.25, 0.3) is 0 Å². The van der Waals surface area contributed by atoms with Gasteiger partial charge in [-0.15, -0.1) is 23.1 Å². The fourth-order valence-corrected chi connectivity index (χ4v) is 3.43. The van der Waals surface area contributed by atoms with Crippen molar-refractivity contribution in [1.29, 1.82) is 0 Å². The normalized spacial score (nSPS) is 10.4. The third kappa shape index (κ3) is 5.90. The molecule has 0 unspecified atom stereocenters. The van der Waals surface area contributed by atoms with Gasteiger partial charge in [-0.05, 0) is 42.6 Å². The first-order valence-corrected chi connectivity index (χ1v) is 9.43. The van der Waals surface area contributed by atoms with Crippen molar-refractivity contribution >= 4 is 34.9 Å². The van der Waals surface area contributed by atoms with E-state index in [9.17, 15) is 14.7 Å². The van der Waals surface area contributed by atoms with Gasteiger partial charge in [-0.3, -0.25) is 9.59 Å². The van der Waals surface area contributed by atoms with Crippen molar-refractivity contribution in [2.24, 2.45) is 0 Å². The van der Waals surface area contributed by atoms with Gasteiger partial charge in [-0.25, -0.2) is 0 Å². The summed E-state index contributed by atoms with van der Waals surface area (Å²) >= 11 is 2.97. The molecule has 2 amide bonds. The van der Waals surface area contributed by atoms with Crippen LogP contribution in [0.1, 0.15) is 11.8 Å². The zero-order valence-electron chi connectivity index (χ0n) is 13.4. The lowest BCUT2D eigenvalue weighted by Crippen LogP contribution is -2.41. The van der Waals surface area contributed by atoms with Crippen molar-refractivity contribution in [2.75, 3.05) is 18.8 Å². The van der Waals surface area contributed by atoms with E-state index in [2.05, 4.69) is 5.32 Å². The van der Waals surface area contributed by atoms with Gasteiger partial charge >= 0.3 is 0 Å². The maximum Gasteiger partial charge on any atom is 0.239 e. The lowest BCUT2D eigenvalue weighted by atomic mass is 10.3. The number of amides is 2. The highest BCUT2D eigenvalue weighted by atomic mass is 32.2. The number of thiophene rings is 1. The lowest BCUT2D eigenvalue weighted by molar-refractivity contribution is -0.133. The third-order valence-electron chi connectivity index (χ3n) is 3.31. The summed E-state index contributed by atoms with van der Waals surface area (Å²) in [7, 11) is 0. The van der Waals surface area contributed by atoms with Crippen LogP contribution < -0.4 is 5.32 Å². The van der Waals surface area contributed by atoms with Crippen LogP contribution in [0.5, 0.6) is 5.75 Å². The molecule has 7 heteroatoms. The molecule has 0 radical (unpaired) electrons. The Kier molecular flexibility index (Phi) is 7.14. The number of nitrogens with zero attached hydrogens (tertiary/aromatic N) is 1. The van der Waals surface area contributed by atoms with E-state index in [1.54, 1.807) is 35.6 Å². The molecule has 0 bridgehead atoms. The SMILES string of the molecule is CCN(CC(=O)NCc1cccs1)C(=O)CSc1ccc(O)cc1. The highest BCUT2D eigenvalue weighted by Crippen LogP contribution is 2.20. The van der Waals surface area contributed by atoms with Gasteiger partial charge in [0.2, 0.25) is 11.8 Å². The van der Waals surface area contributed by atoms with E-state index in [0.29, 0.717) is 13.1 Å². The van der Waals surface area contributed by atoms with Crippen molar-refractivity contribution in [3.05, 3.63) is 46.7 Å². The van der Waals surface area contributed by atoms with E-state index in [4.69, 9.17) is 0 Å². The van der Waals surface area contributed by atoms with Crippen LogP contribution in [0.3, 0.4) is 0 Å². The Balaban J connectivity index is 1.77. The molecule has 24 heavy (non-hydrogen) atoms. The Morgan fingerprint density at radius 1 is 1.25 bits per heavy atom. The molecule has 2 aromatic rings. The van der Waals surface area contributed by atoms with Gasteiger partial charge in [0.15, 0.2) is 0 Å². The van der Waals surface area contributed by atoms with Crippen molar-refractivity contribution in [1.82, 2.24) is 10.2 Å². The van der Waals surface area contributed by atoms with E-state index < -0.39 is 0 Å². The Morgan fingerprint density at radius 2 is 2.00 bits per heavy atom. The molecular formula is C17H20N2O3S2. The average molecular weight is 364 g/mol. The van der Waals surface area contributed by atoms with Crippen LogP contribution in [-0.4, -0.2) is 40.7 Å². The molecule has 0 aliphatic heterocycles. The predicted molar refractivity (Wildman–Crippen MR) is 97.3 cm³/mol. The van der Waals surface area contributed by atoms with Gasteiger partial charge in [-0.2, -0.15) is 0 Å². The molecule has 0 saturated heterocycles. The first-order valence-electron chi connectivity index (χ1n) is 7.57. The second kappa shape index (κ2) is 9.34. The Labute approximate surface area is 149 Å². The number of hydrogen-bond donors (Lipinski definition) is 2. The first kappa shape index (κ1) is 18.4. The summed E-state index contributed by atoms with van der Waals surface area (Å²) < 4.78 is 0. The predicted octanol–water partition coefficient (Wildman–Crippen LogP) is 2.71. The topological polar surface area (TPSA) is 69.6 Å². The van der Waals surface area contributed by atoms with Gasteiger partial charge in [0.05, 0.1) is 18.8 Å². The van der Waals surface area contributed by atoms with Crippen LogP contribution in [0.15, 0.2) is 46.7 Å². The first-order chi connectivity index (χ1) is 11.6. The molecule has 1 heterocycles. The monoisotopic (exact) mass is 364 g/mol. The van der Waals surface area contributed by atoms with Crippen molar-refractivity contribution in [2.45, 2.75) is 18.4 Å². The fraction of sp³-hybridized carbons (Fsp3) is 0.294. The van der Waals surface area contributed by atoms with Crippen LogP contribution in [0.2, 0.25) is 0 Å². The molecule has 0 atom stereocenters. The van der Waals surface area contributed by atoms with Crippen molar-refractivity contribution in [3.8, 4) is 5.75 Å². The number of rotatable bonds is 8. The molecule has 1 aromatic carbocycles. The largest absolute Gasteiger partial charge is 0.508 e. The summed E-state index contributed by atoms with van der Waals surface area (Å²) in [6, 6.07) is 10.6. The molecule has 128 valence electrons. The summed E-state index contributed by atoms with van der Waals surface area (Å²) in [5, 5.41) is 14.0. The maximum atomic E-state index is 12.3. The average Bonchev–Trinajstić information content (AvgIpc) is 3.10. The van der Waals surface area contributed by atoms with Crippen LogP contribution in [-0.2, 0) is 16.1 Å². The van der Waals surface area contributed by atoms with Crippen LogP contribution in [0.4, 0.5) is 0 Å². The van der Waals surface area contributed by atoms with E-state index >= 15 is 0 Å². The number of benzene rings is 1. The van der Waals surface area contributed by atoms with E-state index in [-0.39, 0.29) is 29.9 Å². The minimum Gasteiger partial charge on any atom is -0.508 e. The molecular weight excluding hydrogens is 344 g/mol. The van der Waals surface area contributed by atoms with Gasteiger partial charge in [0.1, 0.15) is 5.75 Å². The molecule has 0 fully saturated rings. The number of likely N-dealkylation sites (N-methyl/N-ethyl adjacent to an activating group) is 1. The summed E-state index contributed by atoms with van der Waals surface area (Å²) in [5.41, 5.74) is 0. The second-order valence-electron chi connectivity index (χ2n) is 5.05. The van der Waals surface area contributed by atoms with Crippen molar-refractivity contribution in [3.63, 3.8) is 0 Å². The second-order valence-corrected chi connectivity index (χ2v) is 7.13. The summed E-state index contributed by atoms with van der Waals surface area (Å²) in [6.45, 7) is 2.90. The molecule has 1 aromatic heterocycles. The lowest BCUT2D eigenvalue weighted by Gasteiger charge is -2.20. The number of aromatic hydroxyl groups is 1. The smallest absolute Gasteiger partial charge is 0.239 e. The zero-order chi connectivity index (χ0) is 17.4. The minimum absolute atomic E-state index is 0.0663. The molecule has 0 spiro atoms. The number of nitrogens with one attached hydrogen (secondary N) is 1. The van der Waals surface area contributed by atoms with Gasteiger partial charge < -0.3 is 15.3 Å². The Morgan fingerprint density at radius 3 is 2.62 bits per heavy atom. The molecule has 5 nitrogen and oxygen atoms in total. The molecule has 2 rings (SSSR count). The standard InChI is InChI=1S/C17H20N2O3S2/c1-2-19(11-16(21)18-10-15-4-3-9-23-15)17(22)12-24-14-7-5-13(20)6-8-14/h3-9,20H,2,10-12H2,1H3,(H,18,21). The van der Waals surface area contributed by atoms with Gasteiger partial charge in [0.25, 0.3) is 0 Å². The quantitative estimate of drug-likeness (QED) is 0.707. The Bertz CT molecular complexity index is 657. The number of hydrogen-bond acceptors (Lipinski definition) is 5. The highest BCUT2D eigenvalue weighted by molar-refractivity contribution is 8.00. The molecule has 0 saturated carbocycles. The van der Waals surface area contributed by atoms with Gasteiger partial charge in [0, 0.05) is 16.3 Å². The fourth-order valence-electron chi connectivity index (χ4n) is 1.98. The number of carbonyl (C=O) groups is 2.